The molecule has 1 aliphatic carbocycles. The number of carbonyl (C=O) groups excluding carboxylic acids is 2. The molecule has 2 aliphatic rings. The maximum absolute atomic E-state index is 12.0. The molecule has 2 fully saturated rings. The Hall–Kier alpha value is -1.88. The minimum atomic E-state index is -0.146. The van der Waals surface area contributed by atoms with Crippen molar-refractivity contribution >= 4 is 17.5 Å². The van der Waals surface area contributed by atoms with Crippen molar-refractivity contribution in [1.82, 2.24) is 5.32 Å². The Bertz CT molecular complexity index is 514. The Balaban J connectivity index is 1.55. The summed E-state index contributed by atoms with van der Waals surface area (Å²) in [6.45, 7) is 1.01. The molecule has 2 amide bonds. The van der Waals surface area contributed by atoms with E-state index < -0.39 is 0 Å². The Labute approximate surface area is 124 Å². The lowest BCUT2D eigenvalue weighted by atomic mass is 9.85. The lowest BCUT2D eigenvalue weighted by Crippen LogP contribution is -2.51. The smallest absolute Gasteiger partial charge is 0.253 e. The number of hydrogen-bond donors (Lipinski definition) is 1. The summed E-state index contributed by atoms with van der Waals surface area (Å²) in [6.07, 6.45) is 2.98. The van der Waals surface area contributed by atoms with Gasteiger partial charge in [-0.2, -0.15) is 0 Å². The first-order valence-electron chi connectivity index (χ1n) is 7.49. The Kier molecular flexibility index (Phi) is 4.20. The third-order valence-electron chi connectivity index (χ3n) is 4.18. The third-order valence-corrected chi connectivity index (χ3v) is 4.18. The van der Waals surface area contributed by atoms with E-state index in [0.29, 0.717) is 13.1 Å². The summed E-state index contributed by atoms with van der Waals surface area (Å²) in [7, 11) is 0. The number of nitrogens with one attached hydrogen (secondary N) is 1. The van der Waals surface area contributed by atoms with Crippen LogP contribution < -0.4 is 10.2 Å². The van der Waals surface area contributed by atoms with Crippen molar-refractivity contribution < 1.29 is 14.3 Å². The highest BCUT2D eigenvalue weighted by Gasteiger charge is 2.29. The molecule has 1 aromatic rings. The molecule has 112 valence electrons. The number of rotatable bonds is 4. The molecule has 0 bridgehead atoms. The van der Waals surface area contributed by atoms with E-state index in [2.05, 4.69) is 5.32 Å². The molecule has 1 aromatic carbocycles. The summed E-state index contributed by atoms with van der Waals surface area (Å²) in [5.41, 5.74) is 0.876. The highest BCUT2D eigenvalue weighted by molar-refractivity contribution is 5.95. The number of nitrogens with zero attached hydrogens (tertiary/aromatic N) is 1. The van der Waals surface area contributed by atoms with Crippen molar-refractivity contribution in [2.24, 2.45) is 5.92 Å². The van der Waals surface area contributed by atoms with E-state index in [1.54, 1.807) is 4.90 Å². The van der Waals surface area contributed by atoms with Crippen LogP contribution in [0.2, 0.25) is 0 Å². The molecule has 1 atom stereocenters. The first kappa shape index (κ1) is 14.1. The number of anilines is 1. The largest absolute Gasteiger partial charge is 0.365 e. The fraction of sp³-hybridized carbons (Fsp3) is 0.500. The van der Waals surface area contributed by atoms with Gasteiger partial charge in [-0.25, -0.2) is 0 Å². The van der Waals surface area contributed by atoms with Gasteiger partial charge in [0, 0.05) is 18.2 Å². The summed E-state index contributed by atoms with van der Waals surface area (Å²) in [5, 5.41) is 2.94. The van der Waals surface area contributed by atoms with Crippen molar-refractivity contribution in [2.75, 3.05) is 24.6 Å². The molecule has 5 nitrogen and oxygen atoms in total. The Morgan fingerprint density at radius 1 is 1.29 bits per heavy atom. The van der Waals surface area contributed by atoms with Crippen LogP contribution in [0.5, 0.6) is 0 Å². The van der Waals surface area contributed by atoms with Crippen LogP contribution in [0.15, 0.2) is 30.3 Å². The van der Waals surface area contributed by atoms with Crippen LogP contribution in [0.1, 0.15) is 19.3 Å². The highest BCUT2D eigenvalue weighted by atomic mass is 16.5. The molecular weight excluding hydrogens is 268 g/mol. The molecule has 1 saturated carbocycles. The normalized spacial score (nSPS) is 22.8. The molecule has 0 spiro atoms. The second-order valence-corrected chi connectivity index (χ2v) is 5.65. The fourth-order valence-electron chi connectivity index (χ4n) is 2.64. The quantitative estimate of drug-likeness (QED) is 0.909. The predicted octanol–water partition coefficient (Wildman–Crippen LogP) is 1.33. The minimum Gasteiger partial charge on any atom is -0.365 e. The number of benzene rings is 1. The van der Waals surface area contributed by atoms with Crippen molar-refractivity contribution in [3.05, 3.63) is 30.3 Å². The number of amides is 2. The standard InChI is InChI=1S/C16H20N2O3/c19-15-11-21-14(9-17-16(20)12-5-4-6-12)10-18(15)13-7-2-1-3-8-13/h1-3,7-8,12,14H,4-6,9-11H2,(H,17,20). The van der Waals surface area contributed by atoms with Crippen LogP contribution in [0.3, 0.4) is 0 Å². The van der Waals surface area contributed by atoms with Gasteiger partial charge in [-0.05, 0) is 25.0 Å². The average Bonchev–Trinajstić information content (AvgIpc) is 2.45. The molecule has 5 heteroatoms. The fourth-order valence-corrected chi connectivity index (χ4v) is 2.64. The third kappa shape index (κ3) is 3.24. The number of carbonyl (C=O) groups is 2. The predicted molar refractivity (Wildman–Crippen MR) is 78.9 cm³/mol. The van der Waals surface area contributed by atoms with Gasteiger partial charge in [0.1, 0.15) is 6.61 Å². The molecule has 1 aliphatic heterocycles. The van der Waals surface area contributed by atoms with Crippen molar-refractivity contribution in [2.45, 2.75) is 25.4 Å². The van der Waals surface area contributed by atoms with Gasteiger partial charge in [0.05, 0.1) is 12.6 Å². The monoisotopic (exact) mass is 288 g/mol. The molecule has 21 heavy (non-hydrogen) atoms. The van der Waals surface area contributed by atoms with Crippen LogP contribution in [-0.2, 0) is 14.3 Å². The number of para-hydroxylation sites is 1. The van der Waals surface area contributed by atoms with Crippen LogP contribution >= 0.6 is 0 Å². The van der Waals surface area contributed by atoms with Gasteiger partial charge in [-0.1, -0.05) is 24.6 Å². The molecule has 1 heterocycles. The van der Waals surface area contributed by atoms with Crippen molar-refractivity contribution in [1.29, 1.82) is 0 Å². The van der Waals surface area contributed by atoms with Crippen LogP contribution in [-0.4, -0.2) is 37.6 Å². The zero-order valence-corrected chi connectivity index (χ0v) is 12.0. The van der Waals surface area contributed by atoms with E-state index in [4.69, 9.17) is 4.74 Å². The second-order valence-electron chi connectivity index (χ2n) is 5.65. The molecule has 1 N–H and O–H groups in total. The van der Waals surface area contributed by atoms with Gasteiger partial charge >= 0.3 is 0 Å². The first-order valence-corrected chi connectivity index (χ1v) is 7.49. The number of hydrogen-bond acceptors (Lipinski definition) is 3. The van der Waals surface area contributed by atoms with E-state index in [9.17, 15) is 9.59 Å². The van der Waals surface area contributed by atoms with E-state index in [-0.39, 0.29) is 30.4 Å². The molecule has 0 aromatic heterocycles. The van der Waals surface area contributed by atoms with Crippen LogP contribution in [0, 0.1) is 5.92 Å². The van der Waals surface area contributed by atoms with Gasteiger partial charge in [-0.3, -0.25) is 9.59 Å². The first-order chi connectivity index (χ1) is 10.2. The van der Waals surface area contributed by atoms with Crippen LogP contribution in [0.25, 0.3) is 0 Å². The van der Waals surface area contributed by atoms with Crippen molar-refractivity contribution in [3.63, 3.8) is 0 Å². The highest BCUT2D eigenvalue weighted by Crippen LogP contribution is 2.26. The van der Waals surface area contributed by atoms with Gasteiger partial charge in [-0.15, -0.1) is 0 Å². The Morgan fingerprint density at radius 3 is 2.71 bits per heavy atom. The van der Waals surface area contributed by atoms with E-state index in [1.165, 1.54) is 0 Å². The van der Waals surface area contributed by atoms with Gasteiger partial charge in [0.2, 0.25) is 5.91 Å². The molecule has 3 rings (SSSR count). The Morgan fingerprint density at radius 2 is 2.05 bits per heavy atom. The topological polar surface area (TPSA) is 58.6 Å². The zero-order chi connectivity index (χ0) is 14.7. The molecule has 0 radical (unpaired) electrons. The summed E-state index contributed by atoms with van der Waals surface area (Å²) < 4.78 is 5.52. The SMILES string of the molecule is O=C(NCC1CN(c2ccccc2)C(=O)CO1)C1CCC1. The van der Waals surface area contributed by atoms with Gasteiger partial charge in [0.15, 0.2) is 0 Å². The summed E-state index contributed by atoms with van der Waals surface area (Å²) in [6, 6.07) is 9.56. The summed E-state index contributed by atoms with van der Waals surface area (Å²) in [5.74, 6) is 0.260. The van der Waals surface area contributed by atoms with Crippen molar-refractivity contribution in [3.8, 4) is 0 Å². The molecule has 1 unspecified atom stereocenters. The lowest BCUT2D eigenvalue weighted by molar-refractivity contribution is -0.131. The van der Waals surface area contributed by atoms with Crippen LogP contribution in [0.4, 0.5) is 5.69 Å². The lowest BCUT2D eigenvalue weighted by Gasteiger charge is -2.33. The maximum atomic E-state index is 12.0. The summed E-state index contributed by atoms with van der Waals surface area (Å²) in [4.78, 5) is 25.5. The zero-order valence-electron chi connectivity index (χ0n) is 12.0. The van der Waals surface area contributed by atoms with E-state index in [0.717, 1.165) is 24.9 Å². The second kappa shape index (κ2) is 6.26. The maximum Gasteiger partial charge on any atom is 0.253 e. The van der Waals surface area contributed by atoms with E-state index >= 15 is 0 Å². The average molecular weight is 288 g/mol. The summed E-state index contributed by atoms with van der Waals surface area (Å²) >= 11 is 0. The van der Waals surface area contributed by atoms with Gasteiger partial charge in [0.25, 0.3) is 5.91 Å². The number of ether oxygens (including phenoxy) is 1. The number of morpholine rings is 1. The molecule has 1 saturated heterocycles. The van der Waals surface area contributed by atoms with E-state index in [1.807, 2.05) is 30.3 Å². The molecular formula is C16H20N2O3. The minimum absolute atomic E-state index is 0.0391. The van der Waals surface area contributed by atoms with Gasteiger partial charge < -0.3 is 15.0 Å².